The Hall–Kier alpha value is -3.92. The maximum Gasteiger partial charge on any atom is 0.410 e. The minimum Gasteiger partial charge on any atom is -0.466 e. The molecule has 0 radical (unpaired) electrons. The molecule has 0 bridgehead atoms. The zero-order valence-electron chi connectivity index (χ0n) is 23.7. The summed E-state index contributed by atoms with van der Waals surface area (Å²) < 4.78 is 18.5. The van der Waals surface area contributed by atoms with E-state index in [0.717, 1.165) is 58.1 Å². The van der Waals surface area contributed by atoms with Crippen LogP contribution < -0.4 is 9.64 Å². The van der Waals surface area contributed by atoms with Crippen LogP contribution in [0.5, 0.6) is 5.75 Å². The van der Waals surface area contributed by atoms with Crippen molar-refractivity contribution < 1.29 is 19.0 Å². The predicted octanol–water partition coefficient (Wildman–Crippen LogP) is 4.92. The molecule has 3 heterocycles. The van der Waals surface area contributed by atoms with Crippen molar-refractivity contribution in [3.63, 3.8) is 0 Å². The highest BCUT2D eigenvalue weighted by Gasteiger charge is 2.31. The molecule has 4 aromatic rings. The summed E-state index contributed by atoms with van der Waals surface area (Å²) in [7, 11) is 5.31. The van der Waals surface area contributed by atoms with Gasteiger partial charge in [0.2, 0.25) is 0 Å². The third kappa shape index (κ3) is 5.47. The molecule has 1 amide bonds. The van der Waals surface area contributed by atoms with Crippen LogP contribution in [-0.2, 0) is 16.5 Å². The first-order chi connectivity index (χ1) is 18.5. The molecular formula is C29H36N6O4. The number of amides is 1. The summed E-state index contributed by atoms with van der Waals surface area (Å²) in [6.07, 6.45) is 4.42. The second-order valence-electron chi connectivity index (χ2n) is 11.1. The van der Waals surface area contributed by atoms with E-state index in [1.54, 1.807) is 16.7 Å². The van der Waals surface area contributed by atoms with E-state index in [0.29, 0.717) is 11.6 Å². The largest absolute Gasteiger partial charge is 0.466 e. The summed E-state index contributed by atoms with van der Waals surface area (Å²) in [5.41, 5.74) is 3.99. The van der Waals surface area contributed by atoms with Gasteiger partial charge in [-0.3, -0.25) is 4.68 Å². The molecule has 0 saturated carbocycles. The van der Waals surface area contributed by atoms with Gasteiger partial charge >= 0.3 is 6.09 Å². The van der Waals surface area contributed by atoms with Crippen LogP contribution in [0.4, 0.5) is 10.5 Å². The molecule has 5 rings (SSSR count). The molecule has 2 aromatic heterocycles. The second-order valence-corrected chi connectivity index (χ2v) is 11.1. The highest BCUT2D eigenvalue weighted by atomic mass is 16.7. The van der Waals surface area contributed by atoms with Crippen LogP contribution in [0.25, 0.3) is 33.2 Å². The maximum atomic E-state index is 12.5. The number of hydrogen-bond donors (Lipinski definition) is 0. The maximum absolute atomic E-state index is 12.5. The van der Waals surface area contributed by atoms with Crippen LogP contribution in [0, 0.1) is 6.92 Å². The zero-order valence-corrected chi connectivity index (χ0v) is 23.7. The Morgan fingerprint density at radius 3 is 2.74 bits per heavy atom. The third-order valence-corrected chi connectivity index (χ3v) is 6.98. The van der Waals surface area contributed by atoms with E-state index in [1.165, 1.54) is 0 Å². The normalized spacial score (nSPS) is 15.8. The standard InChI is InChI=1S/C29H36N6O4/c1-18-25-20(15-33(5)32-25)13-23(26(18)38-17-37-7)27-30-14-19-12-21(8-9-24(19)31-27)35-11-10-22(16-35)34(6)28(36)39-29(2,3)4/h8-9,12-15,22H,10-11,16-17H2,1-7H3/t22-/m1/s1. The second kappa shape index (κ2) is 10.3. The first-order valence-electron chi connectivity index (χ1n) is 13.1. The number of aryl methyl sites for hydroxylation is 2. The molecule has 1 atom stereocenters. The highest BCUT2D eigenvalue weighted by Crippen LogP contribution is 2.37. The lowest BCUT2D eigenvalue weighted by atomic mass is 10.0. The lowest BCUT2D eigenvalue weighted by molar-refractivity contribution is 0.0238. The van der Waals surface area contributed by atoms with Gasteiger partial charge in [-0.15, -0.1) is 0 Å². The predicted molar refractivity (Wildman–Crippen MR) is 151 cm³/mol. The van der Waals surface area contributed by atoms with E-state index in [-0.39, 0.29) is 18.9 Å². The lowest BCUT2D eigenvalue weighted by Gasteiger charge is -2.28. The van der Waals surface area contributed by atoms with Gasteiger partial charge in [0, 0.05) is 68.7 Å². The van der Waals surface area contributed by atoms with Gasteiger partial charge in [-0.05, 0) is 58.4 Å². The fraction of sp³-hybridized carbons (Fsp3) is 0.448. The van der Waals surface area contributed by atoms with Crippen molar-refractivity contribution in [1.82, 2.24) is 24.6 Å². The number of benzene rings is 2. The molecule has 206 valence electrons. The molecule has 0 N–H and O–H groups in total. The van der Waals surface area contributed by atoms with E-state index < -0.39 is 5.60 Å². The molecule has 1 fully saturated rings. The summed E-state index contributed by atoms with van der Waals surface area (Å²) >= 11 is 0. The average molecular weight is 533 g/mol. The molecule has 1 aliphatic rings. The van der Waals surface area contributed by atoms with Crippen molar-refractivity contribution in [3.05, 3.63) is 42.2 Å². The summed E-state index contributed by atoms with van der Waals surface area (Å²) in [6.45, 7) is 9.34. The quantitative estimate of drug-likeness (QED) is 0.323. The van der Waals surface area contributed by atoms with Crippen LogP contribution in [0.3, 0.4) is 0 Å². The molecule has 0 unspecified atom stereocenters. The van der Waals surface area contributed by atoms with E-state index in [2.05, 4.69) is 22.1 Å². The number of ether oxygens (including phenoxy) is 3. The van der Waals surface area contributed by atoms with Crippen molar-refractivity contribution in [2.45, 2.75) is 45.8 Å². The van der Waals surface area contributed by atoms with Gasteiger partial charge in [-0.2, -0.15) is 5.10 Å². The number of likely N-dealkylation sites (N-methyl/N-ethyl adjacent to an activating group) is 1. The number of rotatable bonds is 6. The van der Waals surface area contributed by atoms with E-state index in [9.17, 15) is 4.79 Å². The number of nitrogens with zero attached hydrogens (tertiary/aromatic N) is 6. The van der Waals surface area contributed by atoms with Crippen LogP contribution in [0.2, 0.25) is 0 Å². The van der Waals surface area contributed by atoms with Crippen LogP contribution in [0.1, 0.15) is 32.8 Å². The van der Waals surface area contributed by atoms with Gasteiger partial charge < -0.3 is 24.0 Å². The smallest absolute Gasteiger partial charge is 0.410 e. The monoisotopic (exact) mass is 532 g/mol. The van der Waals surface area contributed by atoms with Crippen molar-refractivity contribution in [2.75, 3.05) is 38.9 Å². The molecule has 0 spiro atoms. The van der Waals surface area contributed by atoms with Crippen LogP contribution in [0.15, 0.2) is 36.7 Å². The Kier molecular flexibility index (Phi) is 7.07. The van der Waals surface area contributed by atoms with Crippen LogP contribution >= 0.6 is 0 Å². The summed E-state index contributed by atoms with van der Waals surface area (Å²) in [5.74, 6) is 1.24. The molecule has 2 aromatic carbocycles. The van der Waals surface area contributed by atoms with Crippen molar-refractivity contribution in [2.24, 2.45) is 7.05 Å². The summed E-state index contributed by atoms with van der Waals surface area (Å²) in [5, 5.41) is 6.51. The Morgan fingerprint density at radius 1 is 1.21 bits per heavy atom. The Labute approximate surface area is 228 Å². The van der Waals surface area contributed by atoms with E-state index >= 15 is 0 Å². The first-order valence-corrected chi connectivity index (χ1v) is 13.1. The lowest BCUT2D eigenvalue weighted by Crippen LogP contribution is -2.42. The van der Waals surface area contributed by atoms with Gasteiger partial charge in [0.05, 0.1) is 22.6 Å². The number of hydrogen-bond acceptors (Lipinski definition) is 8. The van der Waals surface area contributed by atoms with Crippen LogP contribution in [-0.4, -0.2) is 76.4 Å². The first kappa shape index (κ1) is 26.7. The number of aromatic nitrogens is 4. The number of anilines is 1. The van der Waals surface area contributed by atoms with Gasteiger partial charge in [0.25, 0.3) is 0 Å². The topological polar surface area (TPSA) is 94.8 Å². The van der Waals surface area contributed by atoms with Gasteiger partial charge in [-0.1, -0.05) is 0 Å². The molecule has 1 aliphatic heterocycles. The van der Waals surface area contributed by atoms with Gasteiger partial charge in [-0.25, -0.2) is 14.8 Å². The molecular weight excluding hydrogens is 496 g/mol. The number of fused-ring (bicyclic) bond motifs is 2. The number of carbonyl (C=O) groups is 1. The van der Waals surface area contributed by atoms with Crippen molar-refractivity contribution in [1.29, 1.82) is 0 Å². The molecule has 0 aliphatic carbocycles. The Morgan fingerprint density at radius 2 is 2.00 bits per heavy atom. The minimum atomic E-state index is -0.514. The summed E-state index contributed by atoms with van der Waals surface area (Å²) in [4.78, 5) is 26.2. The molecule has 39 heavy (non-hydrogen) atoms. The average Bonchev–Trinajstić information content (AvgIpc) is 3.53. The third-order valence-electron chi connectivity index (χ3n) is 6.98. The SMILES string of the molecule is COCOc1c(-c2ncc3cc(N4CC[C@@H](N(C)C(=O)OC(C)(C)C)C4)ccc3n2)cc2cn(C)nc2c1C. The molecule has 10 heteroatoms. The number of carbonyl (C=O) groups excluding carboxylic acids is 1. The van der Waals surface area contributed by atoms with E-state index in [1.807, 2.05) is 66.3 Å². The Bertz CT molecular complexity index is 1530. The fourth-order valence-corrected chi connectivity index (χ4v) is 5.03. The Balaban J connectivity index is 1.40. The molecule has 10 nitrogen and oxygen atoms in total. The van der Waals surface area contributed by atoms with Gasteiger partial charge in [0.15, 0.2) is 12.6 Å². The van der Waals surface area contributed by atoms with Gasteiger partial charge in [0.1, 0.15) is 11.4 Å². The minimum absolute atomic E-state index is 0.0883. The molecule has 1 saturated heterocycles. The zero-order chi connectivity index (χ0) is 27.9. The van der Waals surface area contributed by atoms with Crippen molar-refractivity contribution in [3.8, 4) is 17.1 Å². The van der Waals surface area contributed by atoms with Crippen molar-refractivity contribution >= 4 is 33.6 Å². The number of methoxy groups -OCH3 is 1. The fourth-order valence-electron chi connectivity index (χ4n) is 5.03. The van der Waals surface area contributed by atoms with E-state index in [4.69, 9.17) is 24.2 Å². The summed E-state index contributed by atoms with van der Waals surface area (Å²) in [6, 6.07) is 8.30. The highest BCUT2D eigenvalue weighted by molar-refractivity contribution is 5.91.